The molecule has 0 heterocycles. The van der Waals surface area contributed by atoms with Crippen LogP contribution < -0.4 is 0 Å². The number of aliphatic hydroxyl groups excluding tert-OH is 1. The molecule has 0 aliphatic carbocycles. The van der Waals surface area contributed by atoms with E-state index in [1.54, 1.807) is 0 Å². The van der Waals surface area contributed by atoms with E-state index in [0.717, 1.165) is 0 Å². The van der Waals surface area contributed by atoms with Crippen molar-refractivity contribution in [2.75, 3.05) is 6.61 Å². The molecule has 0 spiro atoms. The molecule has 0 aliphatic heterocycles. The number of hydrogen-bond donors (Lipinski definition) is 1. The highest BCUT2D eigenvalue weighted by molar-refractivity contribution is 4.89. The molecule has 0 saturated heterocycles. The van der Waals surface area contributed by atoms with Gasteiger partial charge in [-0.3, -0.25) is 0 Å². The molecule has 18 heavy (non-hydrogen) atoms. The number of hydrogen-bond acceptors (Lipinski definition) is 1. The average molecular weight is 254 g/mol. The van der Waals surface area contributed by atoms with Gasteiger partial charge in [-0.2, -0.15) is 0 Å². The second-order valence-corrected chi connectivity index (χ2v) is 5.86. The molecule has 0 aromatic carbocycles. The molecule has 1 heteroatoms. The van der Waals surface area contributed by atoms with Crippen molar-refractivity contribution in [3.05, 3.63) is 12.2 Å². The van der Waals surface area contributed by atoms with E-state index in [9.17, 15) is 0 Å². The van der Waals surface area contributed by atoms with E-state index in [2.05, 4.69) is 39.8 Å². The highest BCUT2D eigenvalue weighted by Gasteiger charge is 2.15. The lowest BCUT2D eigenvalue weighted by Gasteiger charge is -2.22. The van der Waals surface area contributed by atoms with Crippen LogP contribution in [0.15, 0.2) is 12.2 Å². The van der Waals surface area contributed by atoms with Crippen molar-refractivity contribution in [1.29, 1.82) is 0 Å². The fourth-order valence-corrected chi connectivity index (χ4v) is 2.21. The molecule has 0 aromatic rings. The van der Waals surface area contributed by atoms with Gasteiger partial charge in [0.05, 0.1) is 0 Å². The average Bonchev–Trinajstić information content (AvgIpc) is 2.39. The van der Waals surface area contributed by atoms with Crippen molar-refractivity contribution >= 4 is 0 Å². The van der Waals surface area contributed by atoms with Gasteiger partial charge < -0.3 is 5.11 Å². The summed E-state index contributed by atoms with van der Waals surface area (Å²) < 4.78 is 0. The molecule has 3 atom stereocenters. The van der Waals surface area contributed by atoms with Crippen molar-refractivity contribution in [1.82, 2.24) is 0 Å². The van der Waals surface area contributed by atoms with Crippen molar-refractivity contribution in [3.63, 3.8) is 0 Å². The summed E-state index contributed by atoms with van der Waals surface area (Å²) in [7, 11) is 0. The first-order valence-corrected chi connectivity index (χ1v) is 7.91. The molecule has 0 rings (SSSR count). The minimum Gasteiger partial charge on any atom is -0.396 e. The van der Waals surface area contributed by atoms with Crippen LogP contribution in [-0.4, -0.2) is 11.7 Å². The van der Waals surface area contributed by atoms with Crippen LogP contribution in [-0.2, 0) is 0 Å². The van der Waals surface area contributed by atoms with Crippen molar-refractivity contribution < 1.29 is 5.11 Å². The lowest BCUT2D eigenvalue weighted by atomic mass is 9.85. The maximum Gasteiger partial charge on any atom is 0.0459 e. The van der Waals surface area contributed by atoms with Crippen LogP contribution >= 0.6 is 0 Å². The van der Waals surface area contributed by atoms with E-state index in [0.29, 0.717) is 24.4 Å². The SMILES string of the molecule is CCCCCCCC/C=C\C(C)C(C)C(C)CO. The van der Waals surface area contributed by atoms with Crippen LogP contribution in [0.3, 0.4) is 0 Å². The second kappa shape index (κ2) is 11.8. The molecule has 0 aliphatic rings. The predicted octanol–water partition coefficient (Wildman–Crippen LogP) is 5.19. The van der Waals surface area contributed by atoms with Gasteiger partial charge in [0.2, 0.25) is 0 Å². The van der Waals surface area contributed by atoms with Crippen LogP contribution in [0.25, 0.3) is 0 Å². The van der Waals surface area contributed by atoms with Crippen molar-refractivity contribution in [3.8, 4) is 0 Å². The van der Waals surface area contributed by atoms with Crippen LogP contribution in [0.5, 0.6) is 0 Å². The third kappa shape index (κ3) is 8.74. The minimum atomic E-state index is 0.302. The Morgan fingerprint density at radius 1 is 0.944 bits per heavy atom. The number of unbranched alkanes of at least 4 members (excludes halogenated alkanes) is 6. The van der Waals surface area contributed by atoms with Gasteiger partial charge in [0.1, 0.15) is 0 Å². The van der Waals surface area contributed by atoms with Gasteiger partial charge >= 0.3 is 0 Å². The van der Waals surface area contributed by atoms with E-state index in [1.165, 1.54) is 44.9 Å². The Morgan fingerprint density at radius 3 is 2.17 bits per heavy atom. The smallest absolute Gasteiger partial charge is 0.0459 e. The molecule has 108 valence electrons. The Morgan fingerprint density at radius 2 is 1.56 bits per heavy atom. The van der Waals surface area contributed by atoms with Gasteiger partial charge in [0.15, 0.2) is 0 Å². The van der Waals surface area contributed by atoms with Crippen molar-refractivity contribution in [2.45, 2.75) is 72.6 Å². The van der Waals surface area contributed by atoms with Gasteiger partial charge in [-0.05, 0) is 30.6 Å². The predicted molar refractivity (Wildman–Crippen MR) is 81.7 cm³/mol. The Labute approximate surface area is 115 Å². The first kappa shape index (κ1) is 17.7. The fraction of sp³-hybridized carbons (Fsp3) is 0.882. The molecule has 0 saturated carbocycles. The molecule has 0 amide bonds. The van der Waals surface area contributed by atoms with Gasteiger partial charge in [-0.1, -0.05) is 72.0 Å². The Hall–Kier alpha value is -0.300. The van der Waals surface area contributed by atoms with E-state index in [-0.39, 0.29) is 0 Å². The molecular formula is C17H34O. The topological polar surface area (TPSA) is 20.2 Å². The molecule has 0 radical (unpaired) electrons. The zero-order valence-corrected chi connectivity index (χ0v) is 13.0. The van der Waals surface area contributed by atoms with Crippen LogP contribution in [0.4, 0.5) is 0 Å². The highest BCUT2D eigenvalue weighted by atomic mass is 16.3. The lowest BCUT2D eigenvalue weighted by molar-refractivity contribution is 0.177. The summed E-state index contributed by atoms with van der Waals surface area (Å²) in [5.41, 5.74) is 0. The Kier molecular flexibility index (Phi) is 11.6. The number of rotatable bonds is 11. The summed E-state index contributed by atoms with van der Waals surface area (Å²) in [5.74, 6) is 1.54. The minimum absolute atomic E-state index is 0.302. The number of aliphatic hydroxyl groups is 1. The summed E-state index contributed by atoms with van der Waals surface area (Å²) in [6.07, 6.45) is 14.1. The van der Waals surface area contributed by atoms with Gasteiger partial charge in [-0.15, -0.1) is 0 Å². The maximum atomic E-state index is 9.14. The van der Waals surface area contributed by atoms with Gasteiger partial charge in [-0.25, -0.2) is 0 Å². The van der Waals surface area contributed by atoms with Crippen LogP contribution in [0.1, 0.15) is 72.6 Å². The molecule has 1 nitrogen and oxygen atoms in total. The zero-order chi connectivity index (χ0) is 13.8. The summed E-state index contributed by atoms with van der Waals surface area (Å²) in [6, 6.07) is 0. The zero-order valence-electron chi connectivity index (χ0n) is 13.0. The standard InChI is InChI=1S/C17H34O/c1-5-6-7-8-9-10-11-12-13-15(2)17(4)16(3)14-18/h12-13,15-18H,5-11,14H2,1-4H3/b13-12-. The molecule has 0 bridgehead atoms. The third-order valence-corrected chi connectivity index (χ3v) is 4.18. The van der Waals surface area contributed by atoms with Crippen LogP contribution in [0, 0.1) is 17.8 Å². The summed E-state index contributed by atoms with van der Waals surface area (Å²) in [5, 5.41) is 9.14. The molecular weight excluding hydrogens is 220 g/mol. The van der Waals surface area contributed by atoms with E-state index in [1.807, 2.05) is 0 Å². The normalized spacial score (nSPS) is 16.9. The molecule has 0 fully saturated rings. The monoisotopic (exact) mass is 254 g/mol. The Balaban J connectivity index is 3.56. The quantitative estimate of drug-likeness (QED) is 0.397. The van der Waals surface area contributed by atoms with Gasteiger partial charge in [0.25, 0.3) is 0 Å². The van der Waals surface area contributed by atoms with E-state index in [4.69, 9.17) is 5.11 Å². The van der Waals surface area contributed by atoms with Crippen molar-refractivity contribution in [2.24, 2.45) is 17.8 Å². The maximum absolute atomic E-state index is 9.14. The molecule has 3 unspecified atom stereocenters. The lowest BCUT2D eigenvalue weighted by Crippen LogP contribution is -2.18. The Bertz CT molecular complexity index is 198. The van der Waals surface area contributed by atoms with Gasteiger partial charge in [0, 0.05) is 6.61 Å². The first-order chi connectivity index (χ1) is 8.63. The van der Waals surface area contributed by atoms with Crippen LogP contribution in [0.2, 0.25) is 0 Å². The summed E-state index contributed by atoms with van der Waals surface area (Å²) in [6.45, 7) is 9.19. The fourth-order valence-electron chi connectivity index (χ4n) is 2.21. The molecule has 0 aromatic heterocycles. The number of allylic oxidation sites excluding steroid dienone is 2. The van der Waals surface area contributed by atoms with E-state index >= 15 is 0 Å². The van der Waals surface area contributed by atoms with E-state index < -0.39 is 0 Å². The largest absolute Gasteiger partial charge is 0.396 e. The summed E-state index contributed by atoms with van der Waals surface area (Å²) in [4.78, 5) is 0. The highest BCUT2D eigenvalue weighted by Crippen LogP contribution is 2.21. The summed E-state index contributed by atoms with van der Waals surface area (Å²) >= 11 is 0. The second-order valence-electron chi connectivity index (χ2n) is 5.86. The molecule has 1 N–H and O–H groups in total. The first-order valence-electron chi connectivity index (χ1n) is 7.91. The third-order valence-electron chi connectivity index (χ3n) is 4.18.